The van der Waals surface area contributed by atoms with Crippen molar-refractivity contribution in [3.63, 3.8) is 0 Å². The largest absolute Gasteiger partial charge is 0.450 e. The molecule has 1 aliphatic heterocycles. The summed E-state index contributed by atoms with van der Waals surface area (Å²) in [6.45, 7) is 1.72. The molecule has 1 aromatic carbocycles. The quantitative estimate of drug-likeness (QED) is 0.655. The monoisotopic (exact) mass is 372 g/mol. The lowest BCUT2D eigenvalue weighted by Gasteiger charge is -2.26. The molecule has 0 atom stereocenters. The highest BCUT2D eigenvalue weighted by atomic mass is 32.1. The number of esters is 1. The third-order valence-electron chi connectivity index (χ3n) is 4.00. The van der Waals surface area contributed by atoms with Crippen LogP contribution in [0.25, 0.3) is 21.0 Å². The van der Waals surface area contributed by atoms with Crippen LogP contribution >= 0.6 is 11.3 Å². The zero-order valence-electron chi connectivity index (χ0n) is 13.8. The molecule has 0 saturated carbocycles. The minimum atomic E-state index is -0.668. The topological polar surface area (TPSA) is 81.9 Å². The van der Waals surface area contributed by atoms with Gasteiger partial charge in [0.05, 0.1) is 23.4 Å². The summed E-state index contributed by atoms with van der Waals surface area (Å²) >= 11 is 1.48. The predicted molar refractivity (Wildman–Crippen MR) is 95.0 cm³/mol. The van der Waals surface area contributed by atoms with Gasteiger partial charge in [0.15, 0.2) is 17.4 Å². The lowest BCUT2D eigenvalue weighted by atomic mass is 10.3. The summed E-state index contributed by atoms with van der Waals surface area (Å²) in [4.78, 5) is 30.2. The SMILES string of the molecule is O=C(OCC(=O)N1CCOCC1)c1ccc(-c2nc3ccccc3s2)o1. The second kappa shape index (κ2) is 7.27. The Labute approximate surface area is 153 Å². The fraction of sp³-hybridized carbons (Fsp3) is 0.278. The Bertz CT molecular complexity index is 909. The van der Waals surface area contributed by atoms with Crippen molar-refractivity contribution in [3.8, 4) is 10.8 Å². The smallest absolute Gasteiger partial charge is 0.374 e. The van der Waals surface area contributed by atoms with Gasteiger partial charge in [-0.3, -0.25) is 4.79 Å². The molecule has 4 rings (SSSR count). The van der Waals surface area contributed by atoms with Crippen molar-refractivity contribution in [2.45, 2.75) is 0 Å². The number of morpholine rings is 1. The first-order valence-electron chi connectivity index (χ1n) is 8.19. The summed E-state index contributed by atoms with van der Waals surface area (Å²) < 4.78 is 16.9. The first-order valence-corrected chi connectivity index (χ1v) is 9.01. The summed E-state index contributed by atoms with van der Waals surface area (Å²) in [6, 6.07) is 11.0. The summed E-state index contributed by atoms with van der Waals surface area (Å²) in [6.07, 6.45) is 0. The maximum absolute atomic E-state index is 12.1. The molecule has 3 aromatic rings. The highest BCUT2D eigenvalue weighted by Crippen LogP contribution is 2.31. The highest BCUT2D eigenvalue weighted by molar-refractivity contribution is 7.21. The molecule has 3 heterocycles. The molecule has 1 saturated heterocycles. The van der Waals surface area contributed by atoms with Crippen LogP contribution in [-0.2, 0) is 14.3 Å². The molecule has 0 radical (unpaired) electrons. The zero-order valence-corrected chi connectivity index (χ0v) is 14.7. The Hall–Kier alpha value is -2.71. The number of ether oxygens (including phenoxy) is 2. The van der Waals surface area contributed by atoms with Gasteiger partial charge < -0.3 is 18.8 Å². The maximum atomic E-state index is 12.1. The van der Waals surface area contributed by atoms with Gasteiger partial charge in [0.2, 0.25) is 5.76 Å². The Morgan fingerprint density at radius 3 is 2.77 bits per heavy atom. The number of para-hydroxylation sites is 1. The molecule has 0 spiro atoms. The molecule has 1 aliphatic rings. The first-order chi connectivity index (χ1) is 12.7. The van der Waals surface area contributed by atoms with Crippen LogP contribution in [0.5, 0.6) is 0 Å². The van der Waals surface area contributed by atoms with Gasteiger partial charge in [-0.15, -0.1) is 11.3 Å². The lowest BCUT2D eigenvalue weighted by Crippen LogP contribution is -2.42. The normalized spacial score (nSPS) is 14.5. The number of hydrogen-bond acceptors (Lipinski definition) is 7. The van der Waals surface area contributed by atoms with Gasteiger partial charge in [0, 0.05) is 13.1 Å². The fourth-order valence-electron chi connectivity index (χ4n) is 2.64. The Morgan fingerprint density at radius 2 is 1.96 bits per heavy atom. The summed E-state index contributed by atoms with van der Waals surface area (Å²) in [5.74, 6) is -0.356. The van der Waals surface area contributed by atoms with E-state index in [9.17, 15) is 9.59 Å². The number of fused-ring (bicyclic) bond motifs is 1. The fourth-order valence-corrected chi connectivity index (χ4v) is 3.57. The first kappa shape index (κ1) is 16.7. The number of amides is 1. The number of rotatable bonds is 4. The molecule has 7 nitrogen and oxygen atoms in total. The van der Waals surface area contributed by atoms with Crippen LogP contribution < -0.4 is 0 Å². The average Bonchev–Trinajstić information content (AvgIpc) is 3.33. The van der Waals surface area contributed by atoms with E-state index in [1.807, 2.05) is 24.3 Å². The van der Waals surface area contributed by atoms with Gasteiger partial charge in [-0.1, -0.05) is 12.1 Å². The van der Waals surface area contributed by atoms with Crippen molar-refractivity contribution in [1.29, 1.82) is 0 Å². The molecule has 2 aromatic heterocycles. The van der Waals surface area contributed by atoms with Crippen molar-refractivity contribution < 1.29 is 23.5 Å². The number of nitrogens with zero attached hydrogens (tertiary/aromatic N) is 2. The zero-order chi connectivity index (χ0) is 17.9. The molecule has 0 aliphatic carbocycles. The number of thiazole rings is 1. The summed E-state index contributed by atoms with van der Waals surface area (Å²) in [7, 11) is 0. The van der Waals surface area contributed by atoms with E-state index >= 15 is 0 Å². The molecule has 0 unspecified atom stereocenters. The maximum Gasteiger partial charge on any atom is 0.374 e. The van der Waals surface area contributed by atoms with E-state index in [4.69, 9.17) is 13.9 Å². The highest BCUT2D eigenvalue weighted by Gasteiger charge is 2.21. The number of carbonyl (C=O) groups is 2. The molecule has 0 bridgehead atoms. The number of benzene rings is 1. The average molecular weight is 372 g/mol. The van der Waals surface area contributed by atoms with Crippen LogP contribution in [0.3, 0.4) is 0 Å². The second-order valence-corrected chi connectivity index (χ2v) is 6.75. The minimum absolute atomic E-state index is 0.0500. The van der Waals surface area contributed by atoms with Crippen LogP contribution in [0, 0.1) is 0 Å². The van der Waals surface area contributed by atoms with E-state index in [2.05, 4.69) is 4.98 Å². The molecule has 1 amide bonds. The number of hydrogen-bond donors (Lipinski definition) is 0. The molecule has 134 valence electrons. The Balaban J connectivity index is 1.40. The van der Waals surface area contributed by atoms with Crippen LogP contribution in [0.2, 0.25) is 0 Å². The van der Waals surface area contributed by atoms with Gasteiger partial charge >= 0.3 is 5.97 Å². The van der Waals surface area contributed by atoms with Crippen molar-refractivity contribution in [2.24, 2.45) is 0 Å². The molecule has 1 fully saturated rings. The summed E-state index contributed by atoms with van der Waals surface area (Å²) in [5.41, 5.74) is 0.879. The van der Waals surface area contributed by atoms with E-state index < -0.39 is 5.97 Å². The third kappa shape index (κ3) is 3.47. The van der Waals surface area contributed by atoms with E-state index in [-0.39, 0.29) is 18.3 Å². The van der Waals surface area contributed by atoms with Crippen molar-refractivity contribution >= 4 is 33.4 Å². The van der Waals surface area contributed by atoms with Gasteiger partial charge in [-0.05, 0) is 24.3 Å². The number of carbonyl (C=O) groups excluding carboxylic acids is 2. The van der Waals surface area contributed by atoms with E-state index in [0.717, 1.165) is 10.2 Å². The Morgan fingerprint density at radius 1 is 1.15 bits per heavy atom. The van der Waals surface area contributed by atoms with Gasteiger partial charge in [-0.25, -0.2) is 9.78 Å². The molecule has 8 heteroatoms. The van der Waals surface area contributed by atoms with Crippen LogP contribution in [-0.4, -0.2) is 54.7 Å². The van der Waals surface area contributed by atoms with Gasteiger partial charge in [-0.2, -0.15) is 0 Å². The molecular weight excluding hydrogens is 356 g/mol. The van der Waals surface area contributed by atoms with Crippen LogP contribution in [0.1, 0.15) is 10.6 Å². The van der Waals surface area contributed by atoms with Crippen molar-refractivity contribution in [3.05, 3.63) is 42.2 Å². The van der Waals surface area contributed by atoms with Gasteiger partial charge in [0.1, 0.15) is 0 Å². The third-order valence-corrected chi connectivity index (χ3v) is 5.05. The van der Waals surface area contributed by atoms with E-state index in [0.29, 0.717) is 37.1 Å². The van der Waals surface area contributed by atoms with E-state index in [1.165, 1.54) is 17.4 Å². The second-order valence-electron chi connectivity index (χ2n) is 5.72. The molecule has 26 heavy (non-hydrogen) atoms. The van der Waals surface area contributed by atoms with E-state index in [1.54, 1.807) is 11.0 Å². The number of furan rings is 1. The lowest BCUT2D eigenvalue weighted by molar-refractivity contribution is -0.138. The number of aromatic nitrogens is 1. The Kier molecular flexibility index (Phi) is 4.68. The minimum Gasteiger partial charge on any atom is -0.450 e. The van der Waals surface area contributed by atoms with Crippen LogP contribution in [0.15, 0.2) is 40.8 Å². The van der Waals surface area contributed by atoms with Crippen LogP contribution in [0.4, 0.5) is 0 Å². The predicted octanol–water partition coefficient (Wildman–Crippen LogP) is 2.57. The molecular formula is C18H16N2O5S. The standard InChI is InChI=1S/C18H16N2O5S/c21-16(20-7-9-23-10-8-20)11-24-18(22)14-6-5-13(25-14)17-19-12-3-1-2-4-15(12)26-17/h1-6H,7-11H2. The van der Waals surface area contributed by atoms with Gasteiger partial charge in [0.25, 0.3) is 5.91 Å². The summed E-state index contributed by atoms with van der Waals surface area (Å²) in [5, 5.41) is 0.689. The van der Waals surface area contributed by atoms with Crippen molar-refractivity contribution in [1.82, 2.24) is 9.88 Å². The van der Waals surface area contributed by atoms with Crippen molar-refractivity contribution in [2.75, 3.05) is 32.9 Å². The molecule has 0 N–H and O–H groups in total.